The summed E-state index contributed by atoms with van der Waals surface area (Å²) in [6, 6.07) is 8.45. The predicted molar refractivity (Wildman–Crippen MR) is 121 cm³/mol. The zero-order valence-corrected chi connectivity index (χ0v) is 19.5. The van der Waals surface area contributed by atoms with Crippen molar-refractivity contribution < 1.29 is 18.7 Å². The van der Waals surface area contributed by atoms with E-state index in [0.29, 0.717) is 57.0 Å². The zero-order chi connectivity index (χ0) is 23.1. The van der Waals surface area contributed by atoms with E-state index in [1.54, 1.807) is 16.7 Å². The van der Waals surface area contributed by atoms with Gasteiger partial charge in [0.05, 0.1) is 13.2 Å². The summed E-state index contributed by atoms with van der Waals surface area (Å²) in [5.41, 5.74) is 1.50. The first-order valence-corrected chi connectivity index (χ1v) is 11.4. The minimum atomic E-state index is -0.148. The third-order valence-electron chi connectivity index (χ3n) is 5.96. The molecular weight excluding hydrogens is 408 g/mol. The summed E-state index contributed by atoms with van der Waals surface area (Å²) >= 11 is 0. The molecule has 1 fully saturated rings. The quantitative estimate of drug-likeness (QED) is 0.594. The average Bonchev–Trinajstić information content (AvgIpc) is 3.27. The number of hydrogen-bond donors (Lipinski definition) is 0. The van der Waals surface area contributed by atoms with Crippen molar-refractivity contribution in [2.45, 2.75) is 53.2 Å². The largest absolute Gasteiger partial charge is 0.494 e. The van der Waals surface area contributed by atoms with Crippen LogP contribution in [0.4, 0.5) is 0 Å². The van der Waals surface area contributed by atoms with E-state index in [4.69, 9.17) is 9.15 Å². The lowest BCUT2D eigenvalue weighted by Crippen LogP contribution is -2.50. The molecule has 174 valence electrons. The van der Waals surface area contributed by atoms with Crippen LogP contribution in [-0.2, 0) is 17.9 Å². The van der Waals surface area contributed by atoms with Gasteiger partial charge < -0.3 is 19.0 Å². The summed E-state index contributed by atoms with van der Waals surface area (Å²) < 4.78 is 11.2. The molecule has 1 aromatic heterocycles. The molecule has 1 aliphatic heterocycles. The molecule has 2 heterocycles. The van der Waals surface area contributed by atoms with Crippen LogP contribution in [0, 0.1) is 0 Å². The van der Waals surface area contributed by atoms with Crippen LogP contribution in [0.3, 0.4) is 0 Å². The van der Waals surface area contributed by atoms with Crippen molar-refractivity contribution in [3.05, 3.63) is 47.7 Å². The van der Waals surface area contributed by atoms with Gasteiger partial charge in [-0.1, -0.05) is 19.1 Å². The van der Waals surface area contributed by atoms with E-state index in [1.165, 1.54) is 11.8 Å². The number of aromatic nitrogens is 1. The third-order valence-corrected chi connectivity index (χ3v) is 5.96. The van der Waals surface area contributed by atoms with Gasteiger partial charge in [-0.2, -0.15) is 0 Å². The van der Waals surface area contributed by atoms with Crippen LogP contribution >= 0.6 is 0 Å². The van der Waals surface area contributed by atoms with Crippen molar-refractivity contribution in [3.8, 4) is 5.75 Å². The lowest BCUT2D eigenvalue weighted by Gasteiger charge is -2.33. The number of nitrogens with zero attached hydrogens (tertiary/aromatic N) is 4. The van der Waals surface area contributed by atoms with Crippen LogP contribution in [0.1, 0.15) is 56.1 Å². The van der Waals surface area contributed by atoms with Gasteiger partial charge in [-0.3, -0.25) is 14.5 Å². The second-order valence-corrected chi connectivity index (χ2v) is 8.16. The summed E-state index contributed by atoms with van der Waals surface area (Å²) in [6.07, 6.45) is 2.44. The Morgan fingerprint density at radius 2 is 1.75 bits per heavy atom. The van der Waals surface area contributed by atoms with Crippen LogP contribution in [-0.4, -0.2) is 70.3 Å². The van der Waals surface area contributed by atoms with E-state index in [0.717, 1.165) is 18.7 Å². The first-order valence-electron chi connectivity index (χ1n) is 11.4. The molecule has 2 aromatic rings. The smallest absolute Gasteiger partial charge is 0.275 e. The van der Waals surface area contributed by atoms with Crippen molar-refractivity contribution in [3.63, 3.8) is 0 Å². The average molecular weight is 443 g/mol. The number of ether oxygens (including phenoxy) is 1. The number of piperazine rings is 1. The van der Waals surface area contributed by atoms with E-state index in [1.807, 2.05) is 19.1 Å². The monoisotopic (exact) mass is 442 g/mol. The number of carbonyl (C=O) groups excluding carboxylic acids is 2. The van der Waals surface area contributed by atoms with Gasteiger partial charge in [-0.15, -0.1) is 0 Å². The van der Waals surface area contributed by atoms with Gasteiger partial charge in [0.1, 0.15) is 12.0 Å². The molecule has 0 saturated carbocycles. The van der Waals surface area contributed by atoms with Gasteiger partial charge in [-0.25, -0.2) is 4.98 Å². The lowest BCUT2D eigenvalue weighted by atomic mass is 10.1. The van der Waals surface area contributed by atoms with Gasteiger partial charge in [0.2, 0.25) is 11.8 Å². The Kier molecular flexibility index (Phi) is 8.27. The Hall–Kier alpha value is -2.87. The van der Waals surface area contributed by atoms with Crippen molar-refractivity contribution in [1.82, 2.24) is 19.7 Å². The fraction of sp³-hybridized carbons (Fsp3) is 0.542. The van der Waals surface area contributed by atoms with E-state index in [2.05, 4.69) is 35.9 Å². The molecule has 0 radical (unpaired) electrons. The number of hydrogen-bond acceptors (Lipinski definition) is 6. The maximum Gasteiger partial charge on any atom is 0.275 e. The maximum absolute atomic E-state index is 12.8. The Balaban J connectivity index is 1.62. The standard InChI is InChI=1S/C24H34N4O4/c1-5-18(3)28(15-20-7-9-21(10-8-20)31-6-2)16-23-25-22(17-32-23)24(30)27-13-11-26(12-14-27)19(4)29/h7-10,17-18H,5-6,11-16H2,1-4H3/t18-/m1/s1. The molecule has 1 aromatic carbocycles. The molecule has 8 heteroatoms. The second kappa shape index (κ2) is 11.1. The topological polar surface area (TPSA) is 79.1 Å². The Bertz CT molecular complexity index is 888. The first-order chi connectivity index (χ1) is 15.4. The molecule has 8 nitrogen and oxygen atoms in total. The molecule has 0 unspecified atom stereocenters. The van der Waals surface area contributed by atoms with Crippen LogP contribution in [0.5, 0.6) is 5.75 Å². The highest BCUT2D eigenvalue weighted by Crippen LogP contribution is 2.18. The highest BCUT2D eigenvalue weighted by molar-refractivity contribution is 5.92. The van der Waals surface area contributed by atoms with Crippen LogP contribution in [0.15, 0.2) is 34.9 Å². The Labute approximate surface area is 190 Å². The van der Waals surface area contributed by atoms with Gasteiger partial charge in [0, 0.05) is 45.7 Å². The second-order valence-electron chi connectivity index (χ2n) is 8.16. The number of amides is 2. The zero-order valence-electron chi connectivity index (χ0n) is 19.5. The lowest BCUT2D eigenvalue weighted by molar-refractivity contribution is -0.130. The number of carbonyl (C=O) groups is 2. The fourth-order valence-corrected chi connectivity index (χ4v) is 3.76. The van der Waals surface area contributed by atoms with E-state index in [9.17, 15) is 9.59 Å². The Morgan fingerprint density at radius 3 is 2.34 bits per heavy atom. The number of benzene rings is 1. The summed E-state index contributed by atoms with van der Waals surface area (Å²) in [5.74, 6) is 1.29. The first kappa shape index (κ1) is 23.8. The predicted octanol–water partition coefficient (Wildman–Crippen LogP) is 3.18. The maximum atomic E-state index is 12.8. The summed E-state index contributed by atoms with van der Waals surface area (Å²) in [6.45, 7) is 11.9. The van der Waals surface area contributed by atoms with Crippen molar-refractivity contribution in [1.29, 1.82) is 0 Å². The number of oxazole rings is 1. The fourth-order valence-electron chi connectivity index (χ4n) is 3.76. The molecule has 1 aliphatic rings. The molecule has 0 N–H and O–H groups in total. The molecular formula is C24H34N4O4. The summed E-state index contributed by atoms with van der Waals surface area (Å²) in [5, 5.41) is 0. The van der Waals surface area contributed by atoms with Crippen molar-refractivity contribution in [2.75, 3.05) is 32.8 Å². The molecule has 3 rings (SSSR count). The van der Waals surface area contributed by atoms with Crippen molar-refractivity contribution >= 4 is 11.8 Å². The van der Waals surface area contributed by atoms with Gasteiger partial charge in [0.15, 0.2) is 5.69 Å². The van der Waals surface area contributed by atoms with E-state index in [-0.39, 0.29) is 11.8 Å². The van der Waals surface area contributed by atoms with Crippen LogP contribution in [0.2, 0.25) is 0 Å². The molecule has 0 spiro atoms. The van der Waals surface area contributed by atoms with E-state index < -0.39 is 0 Å². The summed E-state index contributed by atoms with van der Waals surface area (Å²) in [7, 11) is 0. The van der Waals surface area contributed by atoms with Crippen LogP contribution in [0.25, 0.3) is 0 Å². The SMILES string of the molecule is CCOc1ccc(CN(Cc2nc(C(=O)N3CCN(C(C)=O)CC3)co2)[C@H](C)CC)cc1. The van der Waals surface area contributed by atoms with Gasteiger partial charge >= 0.3 is 0 Å². The molecule has 32 heavy (non-hydrogen) atoms. The molecule has 0 bridgehead atoms. The highest BCUT2D eigenvalue weighted by Gasteiger charge is 2.26. The van der Waals surface area contributed by atoms with E-state index >= 15 is 0 Å². The number of rotatable bonds is 9. The molecule has 1 saturated heterocycles. The van der Waals surface area contributed by atoms with Crippen molar-refractivity contribution in [2.24, 2.45) is 0 Å². The molecule has 2 amide bonds. The van der Waals surface area contributed by atoms with Gasteiger partial charge in [0.25, 0.3) is 5.91 Å². The Morgan fingerprint density at radius 1 is 1.09 bits per heavy atom. The minimum Gasteiger partial charge on any atom is -0.494 e. The minimum absolute atomic E-state index is 0.0403. The van der Waals surface area contributed by atoms with Crippen LogP contribution < -0.4 is 4.74 Å². The molecule has 1 atom stereocenters. The summed E-state index contributed by atoms with van der Waals surface area (Å²) in [4.78, 5) is 34.6. The highest BCUT2D eigenvalue weighted by atomic mass is 16.5. The van der Waals surface area contributed by atoms with Gasteiger partial charge in [-0.05, 0) is 38.0 Å². The molecule has 0 aliphatic carbocycles. The normalized spacial score (nSPS) is 15.2. The third kappa shape index (κ3) is 6.09.